The molecule has 0 N–H and O–H groups in total. The third-order valence-corrected chi connectivity index (χ3v) is 6.47. The van der Waals surface area contributed by atoms with E-state index < -0.39 is 17.0 Å². The smallest absolute Gasteiger partial charge is 0.230 e. The number of rotatable bonds is 5. The molecule has 1 aromatic carbocycles. The molecule has 0 saturated carbocycles. The summed E-state index contributed by atoms with van der Waals surface area (Å²) in [7, 11) is 0. The lowest BCUT2D eigenvalue weighted by Crippen LogP contribution is -2.44. The third kappa shape index (κ3) is 4.14. The van der Waals surface area contributed by atoms with Crippen molar-refractivity contribution in [3.05, 3.63) is 35.4 Å². The summed E-state index contributed by atoms with van der Waals surface area (Å²) in [5.74, 6) is -2.06. The van der Waals surface area contributed by atoms with Gasteiger partial charge in [-0.2, -0.15) is 0 Å². The van der Waals surface area contributed by atoms with Crippen LogP contribution in [0.2, 0.25) is 0 Å². The normalized spacial score (nSPS) is 25.4. The quantitative estimate of drug-likeness (QED) is 0.738. The highest BCUT2D eigenvalue weighted by Crippen LogP contribution is 2.40. The van der Waals surface area contributed by atoms with Crippen molar-refractivity contribution in [1.82, 2.24) is 14.7 Å². The van der Waals surface area contributed by atoms with Gasteiger partial charge in [0.1, 0.15) is 0 Å². The fourth-order valence-electron chi connectivity index (χ4n) is 4.62. The van der Waals surface area contributed by atoms with Crippen molar-refractivity contribution in [2.75, 3.05) is 59.0 Å². The molecular weight excluding hydrogens is 380 g/mol. The number of nitrogens with zero attached hydrogens (tertiary/aromatic N) is 3. The molecule has 0 radical (unpaired) electrons. The molecule has 1 unspecified atom stereocenters. The Labute approximate surface area is 169 Å². The summed E-state index contributed by atoms with van der Waals surface area (Å²) in [5.41, 5.74) is -0.456. The van der Waals surface area contributed by atoms with Crippen LogP contribution in [0.1, 0.15) is 18.4 Å². The minimum Gasteiger partial charge on any atom is -0.379 e. The number of hydrogen-bond acceptors (Lipinski definition) is 4. The van der Waals surface area contributed by atoms with Crippen molar-refractivity contribution in [3.63, 3.8) is 0 Å². The molecule has 1 atom stereocenters. The molecule has 29 heavy (non-hydrogen) atoms. The van der Waals surface area contributed by atoms with Crippen LogP contribution in [0.25, 0.3) is 0 Å². The summed E-state index contributed by atoms with van der Waals surface area (Å²) in [6.07, 6.45) is 1.19. The minimum atomic E-state index is -0.971. The van der Waals surface area contributed by atoms with Gasteiger partial charge >= 0.3 is 0 Å². The average molecular weight is 407 g/mol. The van der Waals surface area contributed by atoms with E-state index in [2.05, 4.69) is 4.90 Å². The Kier molecular flexibility index (Phi) is 5.83. The van der Waals surface area contributed by atoms with Gasteiger partial charge in [-0.15, -0.1) is 0 Å². The van der Waals surface area contributed by atoms with E-state index in [9.17, 15) is 18.4 Å². The molecule has 3 heterocycles. The summed E-state index contributed by atoms with van der Waals surface area (Å²) < 4.78 is 32.6. The molecule has 158 valence electrons. The van der Waals surface area contributed by atoms with Gasteiger partial charge in [0.15, 0.2) is 11.6 Å². The highest BCUT2D eigenvalue weighted by atomic mass is 19.2. The SMILES string of the molecule is O=C(Cc1cccc(F)c1F)N1CCC2(CCN(CCN3CCOCC3)C2=O)C1. The molecule has 2 amide bonds. The lowest BCUT2D eigenvalue weighted by molar-refractivity contribution is -0.136. The van der Waals surface area contributed by atoms with Crippen LogP contribution in [0.4, 0.5) is 8.78 Å². The highest BCUT2D eigenvalue weighted by Gasteiger charge is 2.51. The zero-order valence-corrected chi connectivity index (χ0v) is 16.5. The second kappa shape index (κ2) is 8.36. The fourth-order valence-corrected chi connectivity index (χ4v) is 4.62. The third-order valence-electron chi connectivity index (χ3n) is 6.47. The lowest BCUT2D eigenvalue weighted by Gasteiger charge is -2.29. The Hall–Kier alpha value is -2.06. The number of morpholine rings is 1. The van der Waals surface area contributed by atoms with Crippen LogP contribution in [0.5, 0.6) is 0 Å². The summed E-state index contributed by atoms with van der Waals surface area (Å²) >= 11 is 0. The van der Waals surface area contributed by atoms with Crippen molar-refractivity contribution < 1.29 is 23.1 Å². The van der Waals surface area contributed by atoms with Crippen molar-refractivity contribution in [1.29, 1.82) is 0 Å². The molecule has 3 fully saturated rings. The number of halogens is 2. The Morgan fingerprint density at radius 3 is 2.62 bits per heavy atom. The second-order valence-electron chi connectivity index (χ2n) is 8.23. The number of ether oxygens (including phenoxy) is 1. The number of carbonyl (C=O) groups is 2. The van der Waals surface area contributed by atoms with E-state index >= 15 is 0 Å². The Balaban J connectivity index is 1.33. The maximum Gasteiger partial charge on any atom is 0.230 e. The molecule has 0 bridgehead atoms. The Morgan fingerprint density at radius 2 is 1.83 bits per heavy atom. The molecule has 6 nitrogen and oxygen atoms in total. The molecule has 1 aromatic rings. The maximum absolute atomic E-state index is 13.9. The van der Waals surface area contributed by atoms with Crippen LogP contribution in [-0.4, -0.2) is 85.5 Å². The summed E-state index contributed by atoms with van der Waals surface area (Å²) in [6.45, 7) is 6.37. The van der Waals surface area contributed by atoms with Crippen LogP contribution in [0.15, 0.2) is 18.2 Å². The van der Waals surface area contributed by atoms with E-state index in [1.165, 1.54) is 12.1 Å². The van der Waals surface area contributed by atoms with Gasteiger partial charge in [-0.3, -0.25) is 14.5 Å². The van der Waals surface area contributed by atoms with Crippen LogP contribution >= 0.6 is 0 Å². The van der Waals surface area contributed by atoms with Crippen LogP contribution in [0.3, 0.4) is 0 Å². The first-order valence-corrected chi connectivity index (χ1v) is 10.3. The molecule has 0 aliphatic carbocycles. The van der Waals surface area contributed by atoms with Crippen LogP contribution < -0.4 is 0 Å². The lowest BCUT2D eigenvalue weighted by atomic mass is 9.85. The first-order valence-electron chi connectivity index (χ1n) is 10.3. The van der Waals surface area contributed by atoms with Gasteiger partial charge in [0.25, 0.3) is 0 Å². The van der Waals surface area contributed by atoms with Crippen molar-refractivity contribution in [3.8, 4) is 0 Å². The maximum atomic E-state index is 13.9. The largest absolute Gasteiger partial charge is 0.379 e. The van der Waals surface area contributed by atoms with E-state index in [0.717, 1.165) is 45.3 Å². The van der Waals surface area contributed by atoms with E-state index in [1.807, 2.05) is 4.90 Å². The van der Waals surface area contributed by atoms with E-state index in [1.54, 1.807) is 4.90 Å². The molecule has 1 spiro atoms. The van der Waals surface area contributed by atoms with Crippen LogP contribution in [-0.2, 0) is 20.7 Å². The van der Waals surface area contributed by atoms with E-state index in [-0.39, 0.29) is 23.8 Å². The van der Waals surface area contributed by atoms with Crippen molar-refractivity contribution in [2.24, 2.45) is 5.41 Å². The molecule has 8 heteroatoms. The number of likely N-dealkylation sites (tertiary alicyclic amines) is 2. The Bertz CT molecular complexity index is 784. The van der Waals surface area contributed by atoms with Gasteiger partial charge in [-0.1, -0.05) is 12.1 Å². The predicted octanol–water partition coefficient (Wildman–Crippen LogP) is 1.29. The van der Waals surface area contributed by atoms with Gasteiger partial charge in [0.05, 0.1) is 25.0 Å². The molecule has 3 saturated heterocycles. The predicted molar refractivity (Wildman–Crippen MR) is 102 cm³/mol. The van der Waals surface area contributed by atoms with E-state index in [4.69, 9.17) is 4.74 Å². The first kappa shape index (κ1) is 20.2. The number of hydrogen-bond donors (Lipinski definition) is 0. The van der Waals surface area contributed by atoms with Gasteiger partial charge in [0.2, 0.25) is 11.8 Å². The number of amides is 2. The second-order valence-corrected chi connectivity index (χ2v) is 8.23. The summed E-state index contributed by atoms with van der Waals surface area (Å²) in [4.78, 5) is 31.5. The van der Waals surface area contributed by atoms with Gasteiger partial charge in [-0.05, 0) is 18.9 Å². The van der Waals surface area contributed by atoms with E-state index in [0.29, 0.717) is 32.6 Å². The molecule has 3 aliphatic heterocycles. The fraction of sp³-hybridized carbons (Fsp3) is 0.619. The van der Waals surface area contributed by atoms with Crippen LogP contribution in [0, 0.1) is 17.0 Å². The Morgan fingerprint density at radius 1 is 1.07 bits per heavy atom. The number of benzene rings is 1. The van der Waals surface area contributed by atoms with Gasteiger partial charge in [-0.25, -0.2) is 8.78 Å². The molecule has 0 aromatic heterocycles. The summed E-state index contributed by atoms with van der Waals surface area (Å²) in [5, 5.41) is 0. The zero-order chi connectivity index (χ0) is 20.4. The molecular formula is C21H27F2N3O3. The monoisotopic (exact) mass is 407 g/mol. The molecule has 3 aliphatic rings. The van der Waals surface area contributed by atoms with Gasteiger partial charge in [0, 0.05) is 51.4 Å². The van der Waals surface area contributed by atoms with Crippen molar-refractivity contribution >= 4 is 11.8 Å². The highest BCUT2D eigenvalue weighted by molar-refractivity contribution is 5.87. The first-order chi connectivity index (χ1) is 14.0. The summed E-state index contributed by atoms with van der Waals surface area (Å²) in [6, 6.07) is 3.87. The molecule has 4 rings (SSSR count). The topological polar surface area (TPSA) is 53.1 Å². The van der Waals surface area contributed by atoms with Gasteiger partial charge < -0.3 is 14.5 Å². The minimum absolute atomic E-state index is 0.0563. The number of carbonyl (C=O) groups excluding carboxylic acids is 2. The average Bonchev–Trinajstić information content (AvgIpc) is 3.30. The standard InChI is InChI=1S/C21H27F2N3O3/c22-17-3-1-2-16(19(17)23)14-18(27)26-7-5-21(15-26)4-6-25(20(21)28)9-8-24-10-12-29-13-11-24/h1-3H,4-15H2. The van der Waals surface area contributed by atoms with Crippen molar-refractivity contribution in [2.45, 2.75) is 19.3 Å². The zero-order valence-electron chi connectivity index (χ0n) is 16.5.